The zero-order valence-electron chi connectivity index (χ0n) is 10.5. The van der Waals surface area contributed by atoms with Crippen LogP contribution in [0.2, 0.25) is 0 Å². The molecule has 0 radical (unpaired) electrons. The predicted octanol–water partition coefficient (Wildman–Crippen LogP) is 2.44. The van der Waals surface area contributed by atoms with Crippen LogP contribution in [0.15, 0.2) is 24.3 Å². The van der Waals surface area contributed by atoms with Crippen molar-refractivity contribution < 1.29 is 0 Å². The Labute approximate surface area is 98.7 Å². The maximum absolute atomic E-state index is 3.34. The van der Waals surface area contributed by atoms with Crippen LogP contribution < -0.4 is 10.2 Å². The molecular weight excluding hydrogens is 196 g/mol. The normalized spacial score (nSPS) is 20.9. The van der Waals surface area contributed by atoms with Gasteiger partial charge in [-0.1, -0.05) is 18.2 Å². The van der Waals surface area contributed by atoms with Gasteiger partial charge in [-0.25, -0.2) is 0 Å². The quantitative estimate of drug-likeness (QED) is 0.835. The summed E-state index contributed by atoms with van der Waals surface area (Å²) < 4.78 is 0. The van der Waals surface area contributed by atoms with Crippen LogP contribution in [0.3, 0.4) is 0 Å². The number of hydrogen-bond donors (Lipinski definition) is 1. The summed E-state index contributed by atoms with van der Waals surface area (Å²) in [4.78, 5) is 2.54. The zero-order valence-corrected chi connectivity index (χ0v) is 10.5. The summed E-state index contributed by atoms with van der Waals surface area (Å²) in [7, 11) is 2.04. The highest BCUT2D eigenvalue weighted by Gasteiger charge is 2.28. The molecule has 2 atom stereocenters. The van der Waals surface area contributed by atoms with Crippen molar-refractivity contribution in [2.75, 3.05) is 18.5 Å². The molecule has 0 saturated carbocycles. The Morgan fingerprint density at radius 3 is 2.88 bits per heavy atom. The largest absolute Gasteiger partial charge is 0.368 e. The van der Waals surface area contributed by atoms with E-state index in [4.69, 9.17) is 0 Å². The van der Waals surface area contributed by atoms with Crippen LogP contribution in [-0.4, -0.2) is 25.7 Å². The van der Waals surface area contributed by atoms with Gasteiger partial charge in [-0.05, 0) is 45.4 Å². The van der Waals surface area contributed by atoms with Crippen LogP contribution in [0, 0.1) is 0 Å². The van der Waals surface area contributed by atoms with Crippen molar-refractivity contribution >= 4 is 5.69 Å². The number of hydrogen-bond acceptors (Lipinski definition) is 2. The first-order chi connectivity index (χ1) is 7.76. The molecule has 2 unspecified atom stereocenters. The number of benzene rings is 1. The second kappa shape index (κ2) is 4.88. The maximum Gasteiger partial charge on any atom is 0.0402 e. The molecule has 1 aliphatic heterocycles. The molecule has 16 heavy (non-hydrogen) atoms. The van der Waals surface area contributed by atoms with E-state index in [0.29, 0.717) is 12.1 Å². The number of para-hydroxylation sites is 1. The fourth-order valence-corrected chi connectivity index (χ4v) is 2.69. The van der Waals surface area contributed by atoms with Gasteiger partial charge in [-0.15, -0.1) is 0 Å². The molecule has 1 aromatic rings. The summed E-state index contributed by atoms with van der Waals surface area (Å²) in [6.07, 6.45) is 2.43. The summed E-state index contributed by atoms with van der Waals surface area (Å²) in [6.45, 7) is 5.62. The highest BCUT2D eigenvalue weighted by atomic mass is 15.2. The summed E-state index contributed by atoms with van der Waals surface area (Å²) in [5.41, 5.74) is 2.95. The third kappa shape index (κ3) is 2.07. The molecule has 0 aromatic heterocycles. The van der Waals surface area contributed by atoms with Gasteiger partial charge in [0.2, 0.25) is 0 Å². The number of anilines is 1. The lowest BCUT2D eigenvalue weighted by molar-refractivity contribution is 0.481. The average Bonchev–Trinajstić information content (AvgIpc) is 2.65. The highest BCUT2D eigenvalue weighted by molar-refractivity contribution is 5.59. The van der Waals surface area contributed by atoms with Crippen LogP contribution in [0.5, 0.6) is 0 Å². The third-order valence-corrected chi connectivity index (χ3v) is 3.66. The fraction of sp³-hybridized carbons (Fsp3) is 0.571. The second-order valence-electron chi connectivity index (χ2n) is 4.70. The van der Waals surface area contributed by atoms with E-state index in [1.807, 2.05) is 7.05 Å². The summed E-state index contributed by atoms with van der Waals surface area (Å²) in [5, 5.41) is 3.34. The highest BCUT2D eigenvalue weighted by Crippen LogP contribution is 2.33. The Hall–Kier alpha value is -1.02. The van der Waals surface area contributed by atoms with Gasteiger partial charge in [0.05, 0.1) is 0 Å². The lowest BCUT2D eigenvalue weighted by atomic mass is 10.0. The van der Waals surface area contributed by atoms with Crippen LogP contribution in [-0.2, 0) is 6.42 Å². The number of fused-ring (bicyclic) bond motifs is 1. The molecule has 88 valence electrons. The predicted molar refractivity (Wildman–Crippen MR) is 70.1 cm³/mol. The van der Waals surface area contributed by atoms with E-state index in [1.54, 1.807) is 0 Å². The van der Waals surface area contributed by atoms with Gasteiger partial charge in [0.25, 0.3) is 0 Å². The molecule has 1 aliphatic rings. The number of rotatable bonds is 4. The summed E-state index contributed by atoms with van der Waals surface area (Å²) >= 11 is 0. The maximum atomic E-state index is 3.34. The zero-order chi connectivity index (χ0) is 11.5. The Kier molecular flexibility index (Phi) is 3.49. The molecule has 0 bridgehead atoms. The Balaban J connectivity index is 2.14. The van der Waals surface area contributed by atoms with Gasteiger partial charge >= 0.3 is 0 Å². The standard InChI is InChI=1S/C14H22N2/c1-4-16-13(9-11(2)15-3)10-12-7-5-6-8-14(12)16/h5-8,11,13,15H,4,9-10H2,1-3H3. The SMILES string of the molecule is CCN1c2ccccc2CC1CC(C)NC. The van der Waals surface area contributed by atoms with E-state index < -0.39 is 0 Å². The summed E-state index contributed by atoms with van der Waals surface area (Å²) in [6, 6.07) is 10.1. The van der Waals surface area contributed by atoms with Gasteiger partial charge in [0.1, 0.15) is 0 Å². The third-order valence-electron chi connectivity index (χ3n) is 3.66. The Morgan fingerprint density at radius 1 is 1.44 bits per heavy atom. The molecule has 1 N–H and O–H groups in total. The molecule has 2 nitrogen and oxygen atoms in total. The lowest BCUT2D eigenvalue weighted by Crippen LogP contribution is -2.37. The van der Waals surface area contributed by atoms with Crippen molar-refractivity contribution in [3.8, 4) is 0 Å². The van der Waals surface area contributed by atoms with E-state index in [9.17, 15) is 0 Å². The van der Waals surface area contributed by atoms with Crippen LogP contribution >= 0.6 is 0 Å². The topological polar surface area (TPSA) is 15.3 Å². The molecule has 0 saturated heterocycles. The minimum absolute atomic E-state index is 0.591. The van der Waals surface area contributed by atoms with Gasteiger partial charge in [0, 0.05) is 24.3 Å². The van der Waals surface area contributed by atoms with E-state index >= 15 is 0 Å². The van der Waals surface area contributed by atoms with Crippen molar-refractivity contribution in [2.24, 2.45) is 0 Å². The molecule has 0 amide bonds. The monoisotopic (exact) mass is 218 g/mol. The minimum atomic E-state index is 0.591. The van der Waals surface area contributed by atoms with Crippen LogP contribution in [0.25, 0.3) is 0 Å². The molecule has 0 fully saturated rings. The van der Waals surface area contributed by atoms with Gasteiger partial charge in [-0.2, -0.15) is 0 Å². The Bertz CT molecular complexity index is 348. The minimum Gasteiger partial charge on any atom is -0.368 e. The summed E-state index contributed by atoms with van der Waals surface area (Å²) in [5.74, 6) is 0. The average molecular weight is 218 g/mol. The van der Waals surface area contributed by atoms with E-state index in [1.165, 1.54) is 24.1 Å². The first kappa shape index (κ1) is 11.5. The second-order valence-corrected chi connectivity index (χ2v) is 4.70. The van der Waals surface area contributed by atoms with E-state index in [0.717, 1.165) is 6.54 Å². The molecule has 2 rings (SSSR count). The Morgan fingerprint density at radius 2 is 2.19 bits per heavy atom. The van der Waals surface area contributed by atoms with Crippen molar-refractivity contribution in [1.82, 2.24) is 5.32 Å². The molecule has 1 aromatic carbocycles. The van der Waals surface area contributed by atoms with E-state index in [-0.39, 0.29) is 0 Å². The van der Waals surface area contributed by atoms with Crippen LogP contribution in [0.4, 0.5) is 5.69 Å². The van der Waals surface area contributed by atoms with Crippen LogP contribution in [0.1, 0.15) is 25.8 Å². The van der Waals surface area contributed by atoms with Crippen molar-refractivity contribution in [1.29, 1.82) is 0 Å². The number of likely N-dealkylation sites (N-methyl/N-ethyl adjacent to an activating group) is 1. The molecular formula is C14H22N2. The van der Waals surface area contributed by atoms with E-state index in [2.05, 4.69) is 48.3 Å². The molecule has 1 heterocycles. The van der Waals surface area contributed by atoms with Crippen molar-refractivity contribution in [3.05, 3.63) is 29.8 Å². The first-order valence-corrected chi connectivity index (χ1v) is 6.28. The van der Waals surface area contributed by atoms with Gasteiger partial charge in [0.15, 0.2) is 0 Å². The van der Waals surface area contributed by atoms with Gasteiger partial charge in [-0.3, -0.25) is 0 Å². The smallest absolute Gasteiger partial charge is 0.0402 e. The van der Waals surface area contributed by atoms with Gasteiger partial charge < -0.3 is 10.2 Å². The lowest BCUT2D eigenvalue weighted by Gasteiger charge is -2.28. The fourth-order valence-electron chi connectivity index (χ4n) is 2.69. The van der Waals surface area contributed by atoms with Crippen molar-refractivity contribution in [2.45, 2.75) is 38.8 Å². The molecule has 2 heteroatoms. The number of nitrogens with one attached hydrogen (secondary N) is 1. The molecule has 0 spiro atoms. The first-order valence-electron chi connectivity index (χ1n) is 6.28. The number of nitrogens with zero attached hydrogens (tertiary/aromatic N) is 1. The van der Waals surface area contributed by atoms with Crippen molar-refractivity contribution in [3.63, 3.8) is 0 Å². The molecule has 0 aliphatic carbocycles.